The Hall–Kier alpha value is -1.10. The van der Waals surface area contributed by atoms with Crippen molar-refractivity contribution in [2.24, 2.45) is 23.5 Å². The summed E-state index contributed by atoms with van der Waals surface area (Å²) in [5, 5.41) is 17.6. The molecule has 2 saturated carbocycles. The van der Waals surface area contributed by atoms with E-state index in [1.807, 2.05) is 0 Å². The molecule has 13 heavy (non-hydrogen) atoms. The Labute approximate surface area is 74.5 Å². The predicted octanol–water partition coefficient (Wildman–Crippen LogP) is -0.491. The Balaban J connectivity index is 2.20. The second-order valence-electron chi connectivity index (χ2n) is 3.94. The molecule has 4 N–H and O–H groups in total. The molecule has 2 rings (SSSR count). The van der Waals surface area contributed by atoms with Gasteiger partial charge in [-0.05, 0) is 18.8 Å². The highest BCUT2D eigenvalue weighted by molar-refractivity contribution is 5.85. The average molecular weight is 185 g/mol. The van der Waals surface area contributed by atoms with Crippen molar-refractivity contribution in [3.05, 3.63) is 0 Å². The standard InChI is InChI=1S/C8H11NO4/c9-8(7(12)13)2-1-3-4(5(3)8)6(10)11/h3-5H,1-2,9H2,(H,10,11)(H,12,13)/t3?,4?,5?,8-/m0/s1. The highest BCUT2D eigenvalue weighted by Crippen LogP contribution is 2.61. The van der Waals surface area contributed by atoms with Crippen LogP contribution < -0.4 is 5.73 Å². The number of rotatable bonds is 2. The summed E-state index contributed by atoms with van der Waals surface area (Å²) in [6.45, 7) is 0. The van der Waals surface area contributed by atoms with E-state index >= 15 is 0 Å². The van der Waals surface area contributed by atoms with Crippen molar-refractivity contribution in [3.8, 4) is 0 Å². The van der Waals surface area contributed by atoms with Crippen molar-refractivity contribution in [2.45, 2.75) is 18.4 Å². The summed E-state index contributed by atoms with van der Waals surface area (Å²) < 4.78 is 0. The van der Waals surface area contributed by atoms with Gasteiger partial charge in [0.25, 0.3) is 0 Å². The van der Waals surface area contributed by atoms with Crippen molar-refractivity contribution in [3.63, 3.8) is 0 Å². The van der Waals surface area contributed by atoms with Gasteiger partial charge >= 0.3 is 11.9 Å². The lowest BCUT2D eigenvalue weighted by atomic mass is 9.92. The van der Waals surface area contributed by atoms with Crippen LogP contribution in [0.2, 0.25) is 0 Å². The van der Waals surface area contributed by atoms with Crippen molar-refractivity contribution < 1.29 is 19.8 Å². The first-order valence-corrected chi connectivity index (χ1v) is 4.23. The van der Waals surface area contributed by atoms with E-state index in [-0.39, 0.29) is 11.8 Å². The molecular formula is C8H11NO4. The largest absolute Gasteiger partial charge is 0.481 e. The van der Waals surface area contributed by atoms with Gasteiger partial charge in [-0.1, -0.05) is 0 Å². The third-order valence-corrected chi connectivity index (χ3v) is 3.34. The molecule has 0 saturated heterocycles. The molecule has 72 valence electrons. The number of hydrogen-bond acceptors (Lipinski definition) is 3. The van der Waals surface area contributed by atoms with Crippen molar-refractivity contribution in [1.82, 2.24) is 0 Å². The normalized spacial score (nSPS) is 47.0. The fraction of sp³-hybridized carbons (Fsp3) is 0.750. The number of aliphatic carboxylic acids is 2. The fourth-order valence-electron chi connectivity index (χ4n) is 2.59. The number of carboxylic acid groups (broad SMARTS) is 2. The van der Waals surface area contributed by atoms with E-state index in [2.05, 4.69) is 0 Å². The molecule has 3 unspecified atom stereocenters. The minimum Gasteiger partial charge on any atom is -0.481 e. The smallest absolute Gasteiger partial charge is 0.324 e. The van der Waals surface area contributed by atoms with Crippen LogP contribution in [0.15, 0.2) is 0 Å². The maximum atomic E-state index is 10.8. The van der Waals surface area contributed by atoms with Crippen molar-refractivity contribution in [1.29, 1.82) is 0 Å². The number of fused-ring (bicyclic) bond motifs is 1. The number of carboxylic acids is 2. The Morgan fingerprint density at radius 3 is 2.38 bits per heavy atom. The van der Waals surface area contributed by atoms with E-state index in [4.69, 9.17) is 15.9 Å². The Bertz CT molecular complexity index is 290. The Morgan fingerprint density at radius 1 is 1.38 bits per heavy atom. The van der Waals surface area contributed by atoms with Crippen LogP contribution in [-0.2, 0) is 9.59 Å². The first-order valence-electron chi connectivity index (χ1n) is 4.23. The van der Waals surface area contributed by atoms with Gasteiger partial charge in [-0.3, -0.25) is 9.59 Å². The highest BCUT2D eigenvalue weighted by Gasteiger charge is 2.69. The minimum atomic E-state index is -1.28. The topological polar surface area (TPSA) is 101 Å². The van der Waals surface area contributed by atoms with Gasteiger partial charge in [0.1, 0.15) is 5.54 Å². The third kappa shape index (κ3) is 0.904. The van der Waals surface area contributed by atoms with Gasteiger partial charge in [-0.15, -0.1) is 0 Å². The fourth-order valence-corrected chi connectivity index (χ4v) is 2.59. The molecule has 0 aromatic carbocycles. The van der Waals surface area contributed by atoms with Gasteiger partial charge < -0.3 is 15.9 Å². The molecule has 2 aliphatic carbocycles. The van der Waals surface area contributed by atoms with Crippen LogP contribution in [0.3, 0.4) is 0 Å². The molecule has 2 fully saturated rings. The summed E-state index contributed by atoms with van der Waals surface area (Å²) in [4.78, 5) is 21.4. The predicted molar refractivity (Wildman–Crippen MR) is 41.9 cm³/mol. The van der Waals surface area contributed by atoms with Crippen LogP contribution in [0.1, 0.15) is 12.8 Å². The van der Waals surface area contributed by atoms with E-state index in [0.29, 0.717) is 12.8 Å². The van der Waals surface area contributed by atoms with Crippen LogP contribution in [0.25, 0.3) is 0 Å². The molecule has 4 atom stereocenters. The van der Waals surface area contributed by atoms with E-state index in [1.54, 1.807) is 0 Å². The minimum absolute atomic E-state index is 0.00130. The summed E-state index contributed by atoms with van der Waals surface area (Å²) in [7, 11) is 0. The van der Waals surface area contributed by atoms with Gasteiger partial charge in [-0.2, -0.15) is 0 Å². The molecule has 5 heteroatoms. The Kier molecular flexibility index (Phi) is 1.46. The Morgan fingerprint density at radius 2 is 2.00 bits per heavy atom. The maximum Gasteiger partial charge on any atom is 0.324 e. The summed E-state index contributed by atoms with van der Waals surface area (Å²) in [6, 6.07) is 0. The number of carbonyl (C=O) groups is 2. The molecule has 0 aromatic heterocycles. The average Bonchev–Trinajstić information content (AvgIpc) is 2.66. The lowest BCUT2D eigenvalue weighted by Crippen LogP contribution is -2.49. The van der Waals surface area contributed by atoms with Crippen molar-refractivity contribution >= 4 is 11.9 Å². The van der Waals surface area contributed by atoms with Gasteiger partial charge in [0.15, 0.2) is 0 Å². The van der Waals surface area contributed by atoms with Gasteiger partial charge in [-0.25, -0.2) is 0 Å². The molecule has 0 bridgehead atoms. The van der Waals surface area contributed by atoms with E-state index in [1.165, 1.54) is 0 Å². The van der Waals surface area contributed by atoms with Crippen LogP contribution in [-0.4, -0.2) is 27.7 Å². The second-order valence-corrected chi connectivity index (χ2v) is 3.94. The van der Waals surface area contributed by atoms with Crippen LogP contribution in [0.5, 0.6) is 0 Å². The summed E-state index contributed by atoms with van der Waals surface area (Å²) >= 11 is 0. The van der Waals surface area contributed by atoms with Gasteiger partial charge in [0.05, 0.1) is 5.92 Å². The molecule has 0 amide bonds. The summed E-state index contributed by atoms with van der Waals surface area (Å²) in [5.41, 5.74) is 4.37. The third-order valence-electron chi connectivity index (χ3n) is 3.34. The summed E-state index contributed by atoms with van der Waals surface area (Å²) in [5.74, 6) is -2.84. The molecule has 2 aliphatic rings. The molecule has 0 aromatic rings. The zero-order valence-corrected chi connectivity index (χ0v) is 6.93. The van der Waals surface area contributed by atoms with E-state index < -0.39 is 23.4 Å². The zero-order valence-electron chi connectivity index (χ0n) is 6.93. The molecule has 0 spiro atoms. The zero-order chi connectivity index (χ0) is 9.80. The molecular weight excluding hydrogens is 174 g/mol. The molecule has 0 heterocycles. The monoisotopic (exact) mass is 185 g/mol. The first-order chi connectivity index (χ1) is 5.98. The van der Waals surface area contributed by atoms with Crippen LogP contribution in [0, 0.1) is 17.8 Å². The second kappa shape index (κ2) is 2.23. The lowest BCUT2D eigenvalue weighted by Gasteiger charge is -2.20. The number of nitrogens with two attached hydrogens (primary N) is 1. The van der Waals surface area contributed by atoms with Gasteiger partial charge in [0, 0.05) is 5.92 Å². The quantitative estimate of drug-likeness (QED) is 0.539. The van der Waals surface area contributed by atoms with Gasteiger partial charge in [0.2, 0.25) is 0 Å². The first kappa shape index (κ1) is 8.50. The van der Waals surface area contributed by atoms with Crippen LogP contribution >= 0.6 is 0 Å². The lowest BCUT2D eigenvalue weighted by molar-refractivity contribution is -0.145. The van der Waals surface area contributed by atoms with Crippen LogP contribution in [0.4, 0.5) is 0 Å². The number of hydrogen-bond donors (Lipinski definition) is 3. The summed E-state index contributed by atoms with van der Waals surface area (Å²) in [6.07, 6.45) is 1.03. The van der Waals surface area contributed by atoms with Crippen molar-refractivity contribution in [2.75, 3.05) is 0 Å². The van der Waals surface area contributed by atoms with E-state index in [9.17, 15) is 9.59 Å². The molecule has 0 aliphatic heterocycles. The van der Waals surface area contributed by atoms with E-state index in [0.717, 1.165) is 0 Å². The molecule has 5 nitrogen and oxygen atoms in total. The molecule has 0 radical (unpaired) electrons. The SMILES string of the molecule is N[C@@]1(C(=O)O)CCC2C(C(=O)O)C21. The maximum absolute atomic E-state index is 10.8. The highest BCUT2D eigenvalue weighted by atomic mass is 16.4.